The summed E-state index contributed by atoms with van der Waals surface area (Å²) in [6, 6.07) is 17.3. The summed E-state index contributed by atoms with van der Waals surface area (Å²) in [5, 5.41) is 4.51. The molecule has 3 aromatic rings. The van der Waals surface area contributed by atoms with Crippen molar-refractivity contribution in [1.29, 1.82) is 0 Å². The van der Waals surface area contributed by atoms with E-state index in [0.29, 0.717) is 34.6 Å². The van der Waals surface area contributed by atoms with Crippen molar-refractivity contribution < 1.29 is 22.3 Å². The van der Waals surface area contributed by atoms with E-state index in [2.05, 4.69) is 5.32 Å². The highest BCUT2D eigenvalue weighted by atomic mass is 32.2. The number of carbonyl (C=O) groups is 1. The molecule has 37 heavy (non-hydrogen) atoms. The van der Waals surface area contributed by atoms with Crippen LogP contribution in [0.15, 0.2) is 71.6 Å². The number of hydrogen-bond donors (Lipinski definition) is 1. The molecule has 0 radical (unpaired) electrons. The third-order valence-electron chi connectivity index (χ3n) is 6.60. The number of halogens is 1. The Morgan fingerprint density at radius 3 is 2.68 bits per heavy atom. The minimum Gasteiger partial charge on any atom is -0.442 e. The van der Waals surface area contributed by atoms with Crippen LogP contribution >= 0.6 is 12.2 Å². The van der Waals surface area contributed by atoms with Crippen LogP contribution in [0.5, 0.6) is 0 Å². The van der Waals surface area contributed by atoms with E-state index in [0.717, 1.165) is 11.0 Å². The van der Waals surface area contributed by atoms with Gasteiger partial charge in [-0.3, -0.25) is 4.90 Å². The first-order chi connectivity index (χ1) is 17.7. The lowest BCUT2D eigenvalue weighted by molar-refractivity contribution is 0.143. The quantitative estimate of drug-likeness (QED) is 0.457. The Morgan fingerprint density at radius 2 is 1.95 bits per heavy atom. The lowest BCUT2D eigenvalue weighted by Crippen LogP contribution is -2.34. The first kappa shape index (κ1) is 25.3. The largest absolute Gasteiger partial charge is 0.442 e. The van der Waals surface area contributed by atoms with Gasteiger partial charge in [0.05, 0.1) is 28.7 Å². The van der Waals surface area contributed by atoms with Crippen molar-refractivity contribution in [2.45, 2.75) is 24.3 Å². The van der Waals surface area contributed by atoms with E-state index in [-0.39, 0.29) is 30.6 Å². The Morgan fingerprint density at radius 1 is 1.16 bits per heavy atom. The van der Waals surface area contributed by atoms with Gasteiger partial charge in [-0.25, -0.2) is 17.6 Å². The standard InChI is InChI=1S/C27H26FN3O4S2/c1-18(36)29-16-22-17-31(27(32)35-22)21-9-10-23(25(28)15-21)20-11-13-30(14-12-20)37(33,34)26-8-4-6-19-5-2-3-7-24(19)26/h2-11,15,22H,12-14,16-17H2,1H3,(H,29,36)/t22-/m0/s1. The zero-order valence-electron chi connectivity index (χ0n) is 20.2. The summed E-state index contributed by atoms with van der Waals surface area (Å²) in [5.41, 5.74) is 1.54. The number of benzene rings is 3. The molecule has 5 rings (SSSR count). The summed E-state index contributed by atoms with van der Waals surface area (Å²) in [5.74, 6) is -0.474. The van der Waals surface area contributed by atoms with E-state index in [9.17, 15) is 13.2 Å². The van der Waals surface area contributed by atoms with Gasteiger partial charge in [-0.05, 0) is 48.6 Å². The molecule has 0 unspecified atom stereocenters. The second-order valence-electron chi connectivity index (χ2n) is 9.04. The van der Waals surface area contributed by atoms with E-state index in [1.165, 1.54) is 15.3 Å². The molecule has 1 amide bonds. The van der Waals surface area contributed by atoms with Crippen LogP contribution in [0.2, 0.25) is 0 Å². The molecule has 2 heterocycles. The number of carbonyl (C=O) groups excluding carboxylic acids is 1. The molecule has 0 aliphatic carbocycles. The number of cyclic esters (lactones) is 1. The minimum absolute atomic E-state index is 0.147. The zero-order valence-corrected chi connectivity index (χ0v) is 21.8. The number of nitrogens with zero attached hydrogens (tertiary/aromatic N) is 2. The predicted octanol–water partition coefficient (Wildman–Crippen LogP) is 4.72. The number of rotatable bonds is 6. The molecule has 1 saturated heterocycles. The number of anilines is 1. The highest BCUT2D eigenvalue weighted by Crippen LogP contribution is 2.32. The fourth-order valence-electron chi connectivity index (χ4n) is 4.70. The van der Waals surface area contributed by atoms with Crippen molar-refractivity contribution in [2.24, 2.45) is 0 Å². The summed E-state index contributed by atoms with van der Waals surface area (Å²) < 4.78 is 48.7. The SMILES string of the molecule is CC(=S)NC[C@H]1CN(c2ccc(C3=CCN(S(=O)(=O)c4cccc5ccccc45)CC3)c(F)c2)C(=O)O1. The molecule has 10 heteroatoms. The molecule has 0 spiro atoms. The highest BCUT2D eigenvalue weighted by molar-refractivity contribution is 7.89. The van der Waals surface area contributed by atoms with Gasteiger partial charge in [0.25, 0.3) is 0 Å². The van der Waals surface area contributed by atoms with Crippen molar-refractivity contribution in [3.05, 3.63) is 78.1 Å². The molecule has 0 saturated carbocycles. The third-order valence-corrected chi connectivity index (χ3v) is 8.67. The van der Waals surface area contributed by atoms with Crippen molar-refractivity contribution in [1.82, 2.24) is 9.62 Å². The first-order valence-electron chi connectivity index (χ1n) is 11.9. The maximum Gasteiger partial charge on any atom is 0.414 e. The normalized spacial score (nSPS) is 18.5. The van der Waals surface area contributed by atoms with Gasteiger partial charge in [0, 0.05) is 24.0 Å². The fourth-order valence-corrected chi connectivity index (χ4v) is 6.38. The molecular formula is C27H26FN3O4S2. The van der Waals surface area contributed by atoms with Crippen molar-refractivity contribution in [3.8, 4) is 0 Å². The molecule has 2 aliphatic heterocycles. The van der Waals surface area contributed by atoms with Crippen molar-refractivity contribution >= 4 is 55.4 Å². The number of thiocarbonyl (C=S) groups is 1. The Hall–Kier alpha value is -3.34. The van der Waals surface area contributed by atoms with Gasteiger partial charge in [0.1, 0.15) is 11.9 Å². The minimum atomic E-state index is -3.72. The number of nitrogens with one attached hydrogen (secondary N) is 1. The second-order valence-corrected chi connectivity index (χ2v) is 11.6. The Balaban J connectivity index is 1.31. The van der Waals surface area contributed by atoms with Crippen LogP contribution < -0.4 is 10.2 Å². The van der Waals surface area contributed by atoms with Crippen LogP contribution in [0.25, 0.3) is 16.3 Å². The van der Waals surface area contributed by atoms with Crippen LogP contribution in [0.4, 0.5) is 14.9 Å². The van der Waals surface area contributed by atoms with E-state index >= 15 is 4.39 Å². The summed E-state index contributed by atoms with van der Waals surface area (Å²) in [6.45, 7) is 2.82. The van der Waals surface area contributed by atoms with Crippen LogP contribution in [0, 0.1) is 5.82 Å². The molecule has 2 aliphatic rings. The van der Waals surface area contributed by atoms with Crippen LogP contribution in [0.1, 0.15) is 18.9 Å². The maximum atomic E-state index is 15.2. The van der Waals surface area contributed by atoms with Gasteiger partial charge >= 0.3 is 6.09 Å². The Bertz CT molecular complexity index is 1520. The summed E-state index contributed by atoms with van der Waals surface area (Å²) in [7, 11) is -3.72. The summed E-state index contributed by atoms with van der Waals surface area (Å²) in [4.78, 5) is 14.6. The fraction of sp³-hybridized carbons (Fsp3) is 0.259. The summed E-state index contributed by atoms with van der Waals surface area (Å²) in [6.07, 6.45) is 1.21. The molecule has 1 atom stereocenters. The van der Waals surface area contributed by atoms with Gasteiger partial charge < -0.3 is 10.1 Å². The van der Waals surface area contributed by atoms with Crippen LogP contribution in [0.3, 0.4) is 0 Å². The van der Waals surface area contributed by atoms with E-state index < -0.39 is 21.9 Å². The van der Waals surface area contributed by atoms with Crippen molar-refractivity contribution in [2.75, 3.05) is 31.1 Å². The van der Waals surface area contributed by atoms with Gasteiger partial charge in [0.15, 0.2) is 0 Å². The van der Waals surface area contributed by atoms with Crippen LogP contribution in [-0.4, -0.2) is 56.1 Å². The average molecular weight is 540 g/mol. The molecule has 7 nitrogen and oxygen atoms in total. The number of fused-ring (bicyclic) bond motifs is 1. The van der Waals surface area contributed by atoms with Crippen LogP contribution in [-0.2, 0) is 14.8 Å². The third kappa shape index (κ3) is 5.09. The van der Waals surface area contributed by atoms with Crippen molar-refractivity contribution in [3.63, 3.8) is 0 Å². The molecule has 1 fully saturated rings. The highest BCUT2D eigenvalue weighted by Gasteiger charge is 2.33. The molecule has 192 valence electrons. The molecular weight excluding hydrogens is 513 g/mol. The summed E-state index contributed by atoms with van der Waals surface area (Å²) >= 11 is 4.99. The lowest BCUT2D eigenvalue weighted by Gasteiger charge is -2.27. The van der Waals surface area contributed by atoms with E-state index in [1.807, 2.05) is 24.3 Å². The number of hydrogen-bond acceptors (Lipinski definition) is 5. The number of sulfonamides is 1. The van der Waals surface area contributed by atoms with Gasteiger partial charge in [0.2, 0.25) is 10.0 Å². The number of ether oxygens (including phenoxy) is 1. The predicted molar refractivity (Wildman–Crippen MR) is 146 cm³/mol. The first-order valence-corrected chi connectivity index (χ1v) is 13.8. The van der Waals surface area contributed by atoms with Gasteiger partial charge in [-0.2, -0.15) is 4.31 Å². The molecule has 1 N–H and O–H groups in total. The van der Waals surface area contributed by atoms with Gasteiger partial charge in [-0.15, -0.1) is 0 Å². The van der Waals surface area contributed by atoms with Gasteiger partial charge in [-0.1, -0.05) is 54.7 Å². The zero-order chi connectivity index (χ0) is 26.2. The topological polar surface area (TPSA) is 79.0 Å². The van der Waals surface area contributed by atoms with E-state index in [1.54, 1.807) is 43.3 Å². The molecule has 3 aromatic carbocycles. The Kier molecular flexibility index (Phi) is 6.98. The Labute approximate surface area is 220 Å². The monoisotopic (exact) mass is 539 g/mol. The maximum absolute atomic E-state index is 15.2. The number of amides is 1. The molecule has 0 aromatic heterocycles. The second kappa shape index (κ2) is 10.2. The lowest BCUT2D eigenvalue weighted by atomic mass is 9.99. The van der Waals surface area contributed by atoms with E-state index in [4.69, 9.17) is 17.0 Å². The smallest absolute Gasteiger partial charge is 0.414 e. The average Bonchev–Trinajstić information content (AvgIpc) is 3.27. The molecule has 0 bridgehead atoms.